The molecule has 0 saturated carbocycles. The fraction of sp³-hybridized carbons (Fsp3) is 0. The minimum absolute atomic E-state index is 0.146. The van der Waals surface area contributed by atoms with E-state index >= 15 is 0 Å². The van der Waals surface area contributed by atoms with E-state index in [1.165, 1.54) is 0 Å². The Morgan fingerprint density at radius 1 is 0.357 bits per heavy atom. The average molecular weight is 731 g/mol. The Morgan fingerprint density at radius 3 is 1.61 bits per heavy atom. The third kappa shape index (κ3) is 5.53. The molecule has 11 aromatic rings. The lowest BCUT2D eigenvalue weighted by atomic mass is 9.97. The third-order valence-corrected chi connectivity index (χ3v) is 9.52. The van der Waals surface area contributed by atoms with Gasteiger partial charge in [-0.25, -0.2) is 15.0 Å². The van der Waals surface area contributed by atoms with E-state index in [2.05, 4.69) is 0 Å². The van der Waals surface area contributed by atoms with Gasteiger partial charge >= 0.3 is 0 Å². The van der Waals surface area contributed by atoms with Crippen molar-refractivity contribution in [3.05, 3.63) is 188 Å². The number of para-hydroxylation sites is 1. The van der Waals surface area contributed by atoms with Crippen LogP contribution in [0.1, 0.15) is 17.8 Å². The summed E-state index contributed by atoms with van der Waals surface area (Å²) in [5.74, 6) is 0.253. The van der Waals surface area contributed by atoms with Crippen LogP contribution in [0.4, 0.5) is 0 Å². The summed E-state index contributed by atoms with van der Waals surface area (Å²) in [5.41, 5.74) is 2.31. The van der Waals surface area contributed by atoms with Crippen LogP contribution in [0.3, 0.4) is 0 Å². The van der Waals surface area contributed by atoms with Gasteiger partial charge in [0, 0.05) is 38.2 Å². The van der Waals surface area contributed by atoms with Crippen molar-refractivity contribution in [1.29, 1.82) is 0 Å². The molecule has 0 fully saturated rings. The van der Waals surface area contributed by atoms with Crippen molar-refractivity contribution >= 4 is 43.9 Å². The van der Waals surface area contributed by atoms with Gasteiger partial charge in [0.15, 0.2) is 17.5 Å². The van der Waals surface area contributed by atoms with Crippen molar-refractivity contribution in [2.75, 3.05) is 0 Å². The first kappa shape index (κ1) is 21.3. The second-order valence-corrected chi connectivity index (χ2v) is 13.0. The number of nitrogens with zero attached hydrogens (tertiary/aromatic N) is 3. The highest BCUT2D eigenvalue weighted by molar-refractivity contribution is 6.14. The first-order valence-corrected chi connectivity index (χ1v) is 17.6. The highest BCUT2D eigenvalue weighted by Crippen LogP contribution is 2.40. The maximum absolute atomic E-state index is 9.68. The lowest BCUT2D eigenvalue weighted by Gasteiger charge is -2.11. The van der Waals surface area contributed by atoms with E-state index in [-0.39, 0.29) is 66.9 Å². The van der Waals surface area contributed by atoms with E-state index in [0.29, 0.717) is 11.1 Å². The van der Waals surface area contributed by atoms with Crippen LogP contribution < -0.4 is 0 Å². The van der Waals surface area contributed by atoms with Crippen molar-refractivity contribution in [2.45, 2.75) is 0 Å². The predicted molar refractivity (Wildman–Crippen MR) is 227 cm³/mol. The Hall–Kier alpha value is -7.63. The van der Waals surface area contributed by atoms with Gasteiger partial charge in [0.2, 0.25) is 0 Å². The van der Waals surface area contributed by atoms with E-state index in [1.54, 1.807) is 0 Å². The van der Waals surface area contributed by atoms with E-state index < -0.39 is 89.7 Å². The van der Waals surface area contributed by atoms with Gasteiger partial charge in [-0.1, -0.05) is 139 Å². The summed E-state index contributed by atoms with van der Waals surface area (Å²) < 4.78 is 129. The summed E-state index contributed by atoms with van der Waals surface area (Å²) in [7, 11) is 0. The summed E-state index contributed by atoms with van der Waals surface area (Å²) in [5, 5.41) is -0.972. The molecule has 0 saturated heterocycles. The van der Waals surface area contributed by atoms with Gasteiger partial charge in [-0.05, 0) is 81.8 Å². The Bertz CT molecular complexity index is 3910. The van der Waals surface area contributed by atoms with Gasteiger partial charge in [0.05, 0.1) is 17.8 Å². The van der Waals surface area contributed by atoms with Crippen LogP contribution in [-0.2, 0) is 0 Å². The molecule has 56 heavy (non-hydrogen) atoms. The maximum Gasteiger partial charge on any atom is 0.164 e. The summed E-state index contributed by atoms with van der Waals surface area (Å²) >= 11 is 0. The maximum atomic E-state index is 9.68. The van der Waals surface area contributed by atoms with E-state index in [4.69, 9.17) is 34.8 Å². The Kier molecular flexibility index (Phi) is 4.96. The first-order valence-electron chi connectivity index (χ1n) is 24.1. The summed E-state index contributed by atoms with van der Waals surface area (Å²) in [6.07, 6.45) is 0. The van der Waals surface area contributed by atoms with Crippen LogP contribution in [0.15, 0.2) is 197 Å². The van der Waals surface area contributed by atoms with Crippen molar-refractivity contribution < 1.29 is 26.7 Å². The number of fused-ring (bicyclic) bond motifs is 6. The second kappa shape index (κ2) is 13.0. The largest absolute Gasteiger partial charge is 0.456 e. The predicted octanol–water partition coefficient (Wildman–Crippen LogP) is 13.7. The van der Waals surface area contributed by atoms with E-state index in [9.17, 15) is 6.85 Å². The van der Waals surface area contributed by atoms with Crippen molar-refractivity contribution in [3.8, 4) is 67.5 Å². The molecular formula is C51H31N3O2. The smallest absolute Gasteiger partial charge is 0.164 e. The van der Waals surface area contributed by atoms with Crippen LogP contribution in [0.2, 0.25) is 0 Å². The summed E-state index contributed by atoms with van der Waals surface area (Å²) in [6, 6.07) is 26.7. The van der Waals surface area contributed by atoms with Crippen LogP contribution in [0, 0.1) is 0 Å². The number of hydrogen-bond acceptors (Lipinski definition) is 5. The molecule has 0 N–H and O–H groups in total. The molecule has 5 heteroatoms. The summed E-state index contributed by atoms with van der Waals surface area (Å²) in [4.78, 5) is 14.6. The van der Waals surface area contributed by atoms with Gasteiger partial charge in [0.25, 0.3) is 0 Å². The Morgan fingerprint density at radius 2 is 0.911 bits per heavy atom. The van der Waals surface area contributed by atoms with Gasteiger partial charge in [-0.15, -0.1) is 0 Å². The number of benzene rings is 8. The van der Waals surface area contributed by atoms with Crippen LogP contribution in [0.25, 0.3) is 111 Å². The van der Waals surface area contributed by atoms with Gasteiger partial charge in [-0.2, -0.15) is 0 Å². The van der Waals surface area contributed by atoms with Crippen molar-refractivity contribution in [2.24, 2.45) is 0 Å². The molecule has 0 spiro atoms. The molecule has 11 rings (SSSR count). The Balaban J connectivity index is 1.19. The molecule has 8 aromatic carbocycles. The van der Waals surface area contributed by atoms with E-state index in [1.807, 2.05) is 109 Å². The van der Waals surface area contributed by atoms with Crippen molar-refractivity contribution in [3.63, 3.8) is 0 Å². The Labute approximate surface area is 340 Å². The molecule has 0 aliphatic heterocycles. The molecule has 0 aliphatic rings. The highest BCUT2D eigenvalue weighted by atomic mass is 16.3. The lowest BCUT2D eigenvalue weighted by molar-refractivity contribution is 0.669. The molecule has 3 heterocycles. The quantitative estimate of drug-likeness (QED) is 0.170. The van der Waals surface area contributed by atoms with Crippen LogP contribution in [-0.4, -0.2) is 15.0 Å². The monoisotopic (exact) mass is 730 g/mol. The molecule has 5 nitrogen and oxygen atoms in total. The number of rotatable bonds is 6. The SMILES string of the molecule is [2H]c1c([2H])c([2H])c2c(oc3c([2H])c([2H])c(-c4c([2H])c([2H])c([2H])c5oc6c([2H])c(-c7nc(-c8cccc(-c9ccccc9)c8)nc(-c8cccc(-c9ccccc9)c8)n7)c([2H])c([2H])c6c45)c([2H])c32)c1[2H]. The number of aromatic nitrogens is 3. The lowest BCUT2D eigenvalue weighted by Crippen LogP contribution is -2.00. The molecule has 3 aromatic heterocycles. The minimum Gasteiger partial charge on any atom is -0.456 e. The van der Waals surface area contributed by atoms with E-state index in [0.717, 1.165) is 22.3 Å². The van der Waals surface area contributed by atoms with Crippen LogP contribution in [0.5, 0.6) is 0 Å². The molecule has 0 aliphatic carbocycles. The second-order valence-electron chi connectivity index (χ2n) is 13.0. The number of furan rings is 2. The van der Waals surface area contributed by atoms with Gasteiger partial charge in [-0.3, -0.25) is 0 Å². The zero-order valence-electron chi connectivity index (χ0n) is 42.1. The molecule has 0 atom stereocenters. The molecule has 0 amide bonds. The minimum atomic E-state index is -0.701. The normalized spacial score (nSPS) is 14.8. The van der Waals surface area contributed by atoms with Gasteiger partial charge < -0.3 is 8.83 Å². The zero-order chi connectivity index (χ0) is 48.3. The molecule has 0 radical (unpaired) electrons. The average Bonchev–Trinajstić information content (AvgIpc) is 3.99. The standard InChI is InChI=1S/C51H31N3O2/c1-3-12-32(13-4-1)34-16-9-18-37(28-34)49-52-50(38-19-10-17-35(29-38)33-14-5-2-6-15-33)54-51(53-49)39-24-26-42-47(31-39)56-46-23-11-21-40(48(42)46)36-25-27-45-43(30-36)41-20-7-8-22-44(41)55-45/h1-31H/i7D,8D,11D,20D,21D,22D,23D,24D,25D,26D,27D,30D,31D. The molecule has 262 valence electrons. The number of hydrogen-bond donors (Lipinski definition) is 0. The molecule has 0 bridgehead atoms. The van der Waals surface area contributed by atoms with Crippen LogP contribution >= 0.6 is 0 Å². The summed E-state index contributed by atoms with van der Waals surface area (Å²) in [6.45, 7) is 0. The fourth-order valence-corrected chi connectivity index (χ4v) is 6.86. The van der Waals surface area contributed by atoms with Gasteiger partial charge in [0.1, 0.15) is 22.3 Å². The third-order valence-electron chi connectivity index (χ3n) is 9.52. The topological polar surface area (TPSA) is 65.0 Å². The zero-order valence-corrected chi connectivity index (χ0v) is 29.1. The fourth-order valence-electron chi connectivity index (χ4n) is 6.86. The van der Waals surface area contributed by atoms with Crippen molar-refractivity contribution in [1.82, 2.24) is 15.0 Å². The molecule has 0 unspecified atom stereocenters. The first-order chi connectivity index (χ1) is 33.2. The highest BCUT2D eigenvalue weighted by Gasteiger charge is 2.18. The molecular weight excluding hydrogens is 687 g/mol.